The van der Waals surface area contributed by atoms with Gasteiger partial charge in [-0.05, 0) is 19.3 Å². The quantitative estimate of drug-likeness (QED) is 0.328. The highest BCUT2D eigenvalue weighted by Gasteiger charge is 2.28. The van der Waals surface area contributed by atoms with E-state index in [4.69, 9.17) is 9.47 Å². The van der Waals surface area contributed by atoms with Gasteiger partial charge in [0.25, 0.3) is 0 Å². The van der Waals surface area contributed by atoms with Crippen molar-refractivity contribution in [3.8, 4) is 0 Å². The highest BCUT2D eigenvalue weighted by atomic mass is 16.6. The molecule has 0 atom stereocenters. The van der Waals surface area contributed by atoms with Gasteiger partial charge in [-0.3, -0.25) is 9.59 Å². The van der Waals surface area contributed by atoms with Crippen molar-refractivity contribution >= 4 is 11.9 Å². The van der Waals surface area contributed by atoms with Crippen LogP contribution in [0.3, 0.4) is 0 Å². The maximum atomic E-state index is 11.8. The van der Waals surface area contributed by atoms with Crippen molar-refractivity contribution in [3.63, 3.8) is 0 Å². The summed E-state index contributed by atoms with van der Waals surface area (Å²) in [7, 11) is 0. The van der Waals surface area contributed by atoms with Crippen LogP contribution in [-0.2, 0) is 19.1 Å². The third kappa shape index (κ3) is 8.62. The number of rotatable bonds is 11. The zero-order valence-corrected chi connectivity index (χ0v) is 12.6. The smallest absolute Gasteiger partial charge is 0.320 e. The lowest BCUT2D eigenvalue weighted by molar-refractivity contribution is -0.162. The molecule has 112 valence electrons. The molecule has 0 saturated heterocycles. The molecule has 0 aromatic rings. The van der Waals surface area contributed by atoms with E-state index in [1.807, 2.05) is 13.8 Å². The largest absolute Gasteiger partial charge is 0.465 e. The Morgan fingerprint density at radius 2 is 1.32 bits per heavy atom. The molecule has 0 aliphatic heterocycles. The predicted molar refractivity (Wildman–Crippen MR) is 74.7 cm³/mol. The standard InChI is InChI=1S/C15H28O4/c1-4-7-8-9-10-13(14(16)18-11-5-2)15(17)19-12-6-3/h13H,4-12H2,1-3H3. The van der Waals surface area contributed by atoms with E-state index >= 15 is 0 Å². The van der Waals surface area contributed by atoms with Gasteiger partial charge in [0.15, 0.2) is 5.92 Å². The molecule has 0 fully saturated rings. The number of hydrogen-bond acceptors (Lipinski definition) is 4. The molecule has 0 amide bonds. The van der Waals surface area contributed by atoms with Crippen molar-refractivity contribution in [3.05, 3.63) is 0 Å². The van der Waals surface area contributed by atoms with Gasteiger partial charge in [0.2, 0.25) is 0 Å². The van der Waals surface area contributed by atoms with Crippen molar-refractivity contribution in [2.24, 2.45) is 5.92 Å². The highest BCUT2D eigenvalue weighted by Crippen LogP contribution is 2.15. The molecule has 0 N–H and O–H groups in total. The fraction of sp³-hybridized carbons (Fsp3) is 0.867. The summed E-state index contributed by atoms with van der Waals surface area (Å²) in [6.45, 7) is 6.72. The van der Waals surface area contributed by atoms with Gasteiger partial charge in [0, 0.05) is 0 Å². The number of esters is 2. The van der Waals surface area contributed by atoms with Gasteiger partial charge in [0.1, 0.15) is 0 Å². The fourth-order valence-corrected chi connectivity index (χ4v) is 1.71. The monoisotopic (exact) mass is 272 g/mol. The Balaban J connectivity index is 4.27. The van der Waals surface area contributed by atoms with E-state index in [1.54, 1.807) is 0 Å². The third-order valence-electron chi connectivity index (χ3n) is 2.81. The van der Waals surface area contributed by atoms with Crippen LogP contribution < -0.4 is 0 Å². The minimum atomic E-state index is -0.741. The molecule has 0 aliphatic rings. The molecule has 0 bridgehead atoms. The SMILES string of the molecule is CCCCCCC(C(=O)OCCC)C(=O)OCCC. The molecule has 0 unspecified atom stereocenters. The van der Waals surface area contributed by atoms with Crippen LogP contribution in [0.15, 0.2) is 0 Å². The number of carbonyl (C=O) groups excluding carboxylic acids is 2. The van der Waals surface area contributed by atoms with Crippen LogP contribution in [0.4, 0.5) is 0 Å². The minimum absolute atomic E-state index is 0.366. The lowest BCUT2D eigenvalue weighted by Gasteiger charge is -2.14. The van der Waals surface area contributed by atoms with E-state index < -0.39 is 17.9 Å². The average molecular weight is 272 g/mol. The molecule has 0 saturated carbocycles. The second-order valence-electron chi connectivity index (χ2n) is 4.74. The first-order valence-corrected chi connectivity index (χ1v) is 7.50. The Labute approximate surface area is 116 Å². The Kier molecular flexibility index (Phi) is 11.3. The van der Waals surface area contributed by atoms with Crippen LogP contribution in [0.1, 0.15) is 65.7 Å². The van der Waals surface area contributed by atoms with E-state index in [1.165, 1.54) is 0 Å². The summed E-state index contributed by atoms with van der Waals surface area (Å²) >= 11 is 0. The van der Waals surface area contributed by atoms with Crippen molar-refractivity contribution < 1.29 is 19.1 Å². The summed E-state index contributed by atoms with van der Waals surface area (Å²) in [5.41, 5.74) is 0. The first kappa shape index (κ1) is 17.9. The maximum Gasteiger partial charge on any atom is 0.320 e. The lowest BCUT2D eigenvalue weighted by atomic mass is 10.0. The molecular formula is C15H28O4. The summed E-state index contributed by atoms with van der Waals surface area (Å²) in [5, 5.41) is 0. The minimum Gasteiger partial charge on any atom is -0.465 e. The Hall–Kier alpha value is -1.06. The molecule has 0 radical (unpaired) electrons. The van der Waals surface area contributed by atoms with E-state index in [2.05, 4.69) is 6.92 Å². The van der Waals surface area contributed by atoms with Crippen LogP contribution in [0.2, 0.25) is 0 Å². The molecule has 19 heavy (non-hydrogen) atoms. The first-order chi connectivity index (χ1) is 9.17. The van der Waals surface area contributed by atoms with Crippen molar-refractivity contribution in [2.45, 2.75) is 65.7 Å². The predicted octanol–water partition coefficient (Wildman–Crippen LogP) is 3.48. The normalized spacial score (nSPS) is 10.5. The lowest BCUT2D eigenvalue weighted by Crippen LogP contribution is -2.28. The Morgan fingerprint density at radius 1 is 0.789 bits per heavy atom. The summed E-state index contributed by atoms with van der Waals surface area (Å²) in [6, 6.07) is 0. The molecule has 0 spiro atoms. The maximum absolute atomic E-state index is 11.8. The number of hydrogen-bond donors (Lipinski definition) is 0. The first-order valence-electron chi connectivity index (χ1n) is 7.50. The fourth-order valence-electron chi connectivity index (χ4n) is 1.71. The molecule has 0 heterocycles. The molecule has 0 aromatic heterocycles. The van der Waals surface area contributed by atoms with Crippen molar-refractivity contribution in [1.82, 2.24) is 0 Å². The van der Waals surface area contributed by atoms with Crippen LogP contribution in [0, 0.1) is 5.92 Å². The van der Waals surface area contributed by atoms with Gasteiger partial charge in [-0.2, -0.15) is 0 Å². The van der Waals surface area contributed by atoms with Gasteiger partial charge >= 0.3 is 11.9 Å². The number of carbonyl (C=O) groups is 2. The van der Waals surface area contributed by atoms with Gasteiger partial charge in [0.05, 0.1) is 13.2 Å². The molecule has 4 nitrogen and oxygen atoms in total. The van der Waals surface area contributed by atoms with E-state index in [0.717, 1.165) is 38.5 Å². The molecule has 0 rings (SSSR count). The zero-order chi connectivity index (χ0) is 14.5. The average Bonchev–Trinajstić information content (AvgIpc) is 2.42. The molecule has 0 aliphatic carbocycles. The second-order valence-corrected chi connectivity index (χ2v) is 4.74. The molecule has 4 heteroatoms. The Bertz CT molecular complexity index is 231. The second kappa shape index (κ2) is 12.0. The van der Waals surface area contributed by atoms with Gasteiger partial charge in [-0.25, -0.2) is 0 Å². The van der Waals surface area contributed by atoms with Gasteiger partial charge < -0.3 is 9.47 Å². The van der Waals surface area contributed by atoms with Crippen LogP contribution in [0.5, 0.6) is 0 Å². The summed E-state index contributed by atoms with van der Waals surface area (Å²) in [4.78, 5) is 23.7. The van der Waals surface area contributed by atoms with Gasteiger partial charge in [-0.15, -0.1) is 0 Å². The summed E-state index contributed by atoms with van der Waals surface area (Å²) in [6.07, 6.45) is 6.21. The number of ether oxygens (including phenoxy) is 2. The van der Waals surface area contributed by atoms with E-state index in [0.29, 0.717) is 19.6 Å². The Morgan fingerprint density at radius 3 is 1.74 bits per heavy atom. The highest BCUT2D eigenvalue weighted by molar-refractivity contribution is 5.94. The number of unbranched alkanes of at least 4 members (excludes halogenated alkanes) is 3. The zero-order valence-electron chi connectivity index (χ0n) is 12.6. The van der Waals surface area contributed by atoms with Gasteiger partial charge in [-0.1, -0.05) is 46.5 Å². The van der Waals surface area contributed by atoms with Crippen molar-refractivity contribution in [1.29, 1.82) is 0 Å². The summed E-state index contributed by atoms with van der Waals surface area (Å²) in [5.74, 6) is -1.60. The van der Waals surface area contributed by atoms with Crippen molar-refractivity contribution in [2.75, 3.05) is 13.2 Å². The van der Waals surface area contributed by atoms with Crippen LogP contribution >= 0.6 is 0 Å². The van der Waals surface area contributed by atoms with Crippen LogP contribution in [-0.4, -0.2) is 25.2 Å². The van der Waals surface area contributed by atoms with Crippen LogP contribution in [0.25, 0.3) is 0 Å². The summed E-state index contributed by atoms with van der Waals surface area (Å²) < 4.78 is 10.1. The molecule has 0 aromatic carbocycles. The third-order valence-corrected chi connectivity index (χ3v) is 2.81. The topological polar surface area (TPSA) is 52.6 Å². The van der Waals surface area contributed by atoms with E-state index in [9.17, 15) is 9.59 Å². The molecular weight excluding hydrogens is 244 g/mol. The van der Waals surface area contributed by atoms with E-state index in [-0.39, 0.29) is 0 Å².